The quantitative estimate of drug-likeness (QED) is 0.875. The normalized spacial score (nSPS) is 29.3. The first-order valence-electron chi connectivity index (χ1n) is 6.64. The highest BCUT2D eigenvalue weighted by Gasteiger charge is 2.34. The van der Waals surface area contributed by atoms with Crippen LogP contribution in [0, 0.1) is 5.82 Å². The van der Waals surface area contributed by atoms with Gasteiger partial charge in [0.05, 0.1) is 10.6 Å². The van der Waals surface area contributed by atoms with Gasteiger partial charge in [-0.15, -0.1) is 0 Å². The lowest BCUT2D eigenvalue weighted by atomic mass is 9.99. The summed E-state index contributed by atoms with van der Waals surface area (Å²) < 4.78 is 13.3. The number of hydrogen-bond donors (Lipinski definition) is 2. The summed E-state index contributed by atoms with van der Waals surface area (Å²) in [6, 6.07) is 5.48. The zero-order chi connectivity index (χ0) is 13.4. The van der Waals surface area contributed by atoms with E-state index in [4.69, 9.17) is 11.6 Å². The fourth-order valence-corrected chi connectivity index (χ4v) is 3.33. The van der Waals surface area contributed by atoms with Gasteiger partial charge < -0.3 is 10.6 Å². The van der Waals surface area contributed by atoms with Crippen LogP contribution in [0.5, 0.6) is 0 Å². The van der Waals surface area contributed by atoms with Gasteiger partial charge in [0.25, 0.3) is 5.91 Å². The second kappa shape index (κ2) is 5.10. The number of benzene rings is 1. The number of fused-ring (bicyclic) bond motifs is 2. The van der Waals surface area contributed by atoms with Crippen LogP contribution in [-0.4, -0.2) is 24.0 Å². The largest absolute Gasteiger partial charge is 0.349 e. The van der Waals surface area contributed by atoms with Crippen molar-refractivity contribution >= 4 is 17.5 Å². The topological polar surface area (TPSA) is 41.1 Å². The number of rotatable bonds is 2. The van der Waals surface area contributed by atoms with Crippen molar-refractivity contribution in [3.05, 3.63) is 34.6 Å². The zero-order valence-corrected chi connectivity index (χ0v) is 11.2. The molecule has 102 valence electrons. The van der Waals surface area contributed by atoms with Gasteiger partial charge in [0.15, 0.2) is 0 Å². The van der Waals surface area contributed by atoms with E-state index in [2.05, 4.69) is 10.6 Å². The molecule has 2 unspecified atom stereocenters. The van der Waals surface area contributed by atoms with Crippen LogP contribution in [0.15, 0.2) is 18.2 Å². The van der Waals surface area contributed by atoms with Crippen molar-refractivity contribution in [2.45, 2.75) is 43.8 Å². The van der Waals surface area contributed by atoms with Gasteiger partial charge in [-0.2, -0.15) is 0 Å². The molecule has 2 fully saturated rings. The summed E-state index contributed by atoms with van der Waals surface area (Å²) in [6.07, 6.45) is 4.24. The number of carbonyl (C=O) groups excluding carboxylic acids is 1. The molecule has 2 saturated heterocycles. The minimum atomic E-state index is -0.556. The number of amides is 1. The van der Waals surface area contributed by atoms with Crippen molar-refractivity contribution in [1.29, 1.82) is 0 Å². The van der Waals surface area contributed by atoms with E-state index in [0.717, 1.165) is 12.8 Å². The highest BCUT2D eigenvalue weighted by atomic mass is 35.5. The number of carbonyl (C=O) groups is 1. The molecule has 2 N–H and O–H groups in total. The van der Waals surface area contributed by atoms with Gasteiger partial charge in [-0.3, -0.25) is 4.79 Å². The molecule has 19 heavy (non-hydrogen) atoms. The molecular formula is C14H16ClFN2O. The van der Waals surface area contributed by atoms with Gasteiger partial charge in [0.2, 0.25) is 0 Å². The van der Waals surface area contributed by atoms with Crippen molar-refractivity contribution < 1.29 is 9.18 Å². The van der Waals surface area contributed by atoms with Crippen LogP contribution < -0.4 is 10.6 Å². The second-order valence-corrected chi connectivity index (χ2v) is 5.76. The van der Waals surface area contributed by atoms with E-state index in [1.807, 2.05) is 0 Å². The van der Waals surface area contributed by atoms with Gasteiger partial charge >= 0.3 is 0 Å². The first kappa shape index (κ1) is 12.9. The molecule has 0 radical (unpaired) electrons. The van der Waals surface area contributed by atoms with E-state index >= 15 is 0 Å². The third-order valence-corrected chi connectivity index (χ3v) is 4.39. The molecule has 0 aliphatic carbocycles. The molecule has 0 aromatic heterocycles. The summed E-state index contributed by atoms with van der Waals surface area (Å²) in [5, 5.41) is 6.39. The molecule has 5 heteroatoms. The number of piperidine rings is 1. The maximum atomic E-state index is 13.3. The van der Waals surface area contributed by atoms with E-state index in [1.54, 1.807) is 6.07 Å². The van der Waals surface area contributed by atoms with Crippen LogP contribution in [0.25, 0.3) is 0 Å². The Labute approximate surface area is 116 Å². The molecular weight excluding hydrogens is 267 g/mol. The molecule has 0 saturated carbocycles. The van der Waals surface area contributed by atoms with E-state index in [0.29, 0.717) is 12.1 Å². The Hall–Kier alpha value is -1.13. The van der Waals surface area contributed by atoms with Gasteiger partial charge in [0, 0.05) is 18.1 Å². The van der Waals surface area contributed by atoms with Crippen LogP contribution in [0.2, 0.25) is 5.02 Å². The van der Waals surface area contributed by atoms with Gasteiger partial charge in [-0.25, -0.2) is 4.39 Å². The maximum absolute atomic E-state index is 13.3. The summed E-state index contributed by atoms with van der Waals surface area (Å²) in [6.45, 7) is 0. The predicted molar refractivity (Wildman–Crippen MR) is 71.8 cm³/mol. The Morgan fingerprint density at radius 1 is 1.32 bits per heavy atom. The Bertz CT molecular complexity index is 496. The van der Waals surface area contributed by atoms with Crippen LogP contribution in [0.1, 0.15) is 36.0 Å². The Balaban J connectivity index is 1.70. The molecule has 2 aliphatic rings. The van der Waals surface area contributed by atoms with Crippen LogP contribution in [0.4, 0.5) is 4.39 Å². The summed E-state index contributed by atoms with van der Waals surface area (Å²) in [7, 11) is 0. The predicted octanol–water partition coefficient (Wildman–Crippen LogP) is 2.49. The minimum absolute atomic E-state index is 0.100. The molecule has 2 atom stereocenters. The minimum Gasteiger partial charge on any atom is -0.349 e. The third-order valence-electron chi connectivity index (χ3n) is 4.00. The highest BCUT2D eigenvalue weighted by Crippen LogP contribution is 2.27. The molecule has 0 spiro atoms. The SMILES string of the molecule is O=C(NC1CC2CCC(C1)N2)c1cccc(F)c1Cl. The maximum Gasteiger partial charge on any atom is 0.253 e. The lowest BCUT2D eigenvalue weighted by Gasteiger charge is -2.29. The molecule has 3 nitrogen and oxygen atoms in total. The molecule has 1 aromatic carbocycles. The van der Waals surface area contributed by atoms with Gasteiger partial charge in [0.1, 0.15) is 5.82 Å². The molecule has 2 bridgehead atoms. The molecule has 1 amide bonds. The monoisotopic (exact) mass is 282 g/mol. The first-order chi connectivity index (χ1) is 9.13. The summed E-state index contributed by atoms with van der Waals surface area (Å²) in [5.41, 5.74) is 0.215. The second-order valence-electron chi connectivity index (χ2n) is 5.38. The Morgan fingerprint density at radius 3 is 2.68 bits per heavy atom. The van der Waals surface area contributed by atoms with Crippen LogP contribution >= 0.6 is 11.6 Å². The standard InChI is InChI=1S/C14H16ClFN2O/c15-13-11(2-1-3-12(13)16)14(19)18-10-6-8-4-5-9(7-10)17-8/h1-3,8-10,17H,4-7H2,(H,18,19). The Morgan fingerprint density at radius 2 is 2.00 bits per heavy atom. The molecule has 3 rings (SSSR count). The first-order valence-corrected chi connectivity index (χ1v) is 7.02. The fourth-order valence-electron chi connectivity index (χ4n) is 3.12. The van der Waals surface area contributed by atoms with E-state index in [-0.39, 0.29) is 22.5 Å². The number of hydrogen-bond acceptors (Lipinski definition) is 2. The molecule has 2 heterocycles. The summed E-state index contributed by atoms with van der Waals surface area (Å²) >= 11 is 5.83. The van der Waals surface area contributed by atoms with Crippen molar-refractivity contribution in [2.75, 3.05) is 0 Å². The average molecular weight is 283 g/mol. The fraction of sp³-hybridized carbons (Fsp3) is 0.500. The van der Waals surface area contributed by atoms with E-state index in [1.165, 1.54) is 25.0 Å². The van der Waals surface area contributed by atoms with Gasteiger partial charge in [-0.1, -0.05) is 17.7 Å². The number of nitrogens with one attached hydrogen (secondary N) is 2. The average Bonchev–Trinajstić information content (AvgIpc) is 2.72. The summed E-state index contributed by atoms with van der Waals surface area (Å²) in [5.74, 6) is -0.838. The highest BCUT2D eigenvalue weighted by molar-refractivity contribution is 6.34. The lowest BCUT2D eigenvalue weighted by Crippen LogP contribution is -2.48. The van der Waals surface area contributed by atoms with E-state index < -0.39 is 5.82 Å². The van der Waals surface area contributed by atoms with Crippen molar-refractivity contribution in [3.63, 3.8) is 0 Å². The smallest absolute Gasteiger partial charge is 0.253 e. The van der Waals surface area contributed by atoms with Crippen LogP contribution in [0.3, 0.4) is 0 Å². The molecule has 2 aliphatic heterocycles. The summed E-state index contributed by atoms with van der Waals surface area (Å²) in [4.78, 5) is 12.1. The van der Waals surface area contributed by atoms with Gasteiger partial charge in [-0.05, 0) is 37.8 Å². The van der Waals surface area contributed by atoms with Crippen molar-refractivity contribution in [1.82, 2.24) is 10.6 Å². The lowest BCUT2D eigenvalue weighted by molar-refractivity contribution is 0.0923. The Kier molecular flexibility index (Phi) is 3.46. The molecule has 1 aromatic rings. The van der Waals surface area contributed by atoms with E-state index in [9.17, 15) is 9.18 Å². The zero-order valence-electron chi connectivity index (χ0n) is 10.5. The van der Waals surface area contributed by atoms with Crippen molar-refractivity contribution in [3.8, 4) is 0 Å². The van der Waals surface area contributed by atoms with Crippen LogP contribution in [-0.2, 0) is 0 Å². The number of halogens is 2. The third kappa shape index (κ3) is 2.60. The van der Waals surface area contributed by atoms with Crippen molar-refractivity contribution in [2.24, 2.45) is 0 Å².